The van der Waals surface area contributed by atoms with Crippen LogP contribution in [0.25, 0.3) is 0 Å². The van der Waals surface area contributed by atoms with Gasteiger partial charge in [-0.2, -0.15) is 0 Å². The van der Waals surface area contributed by atoms with Gasteiger partial charge < -0.3 is 10.2 Å². The van der Waals surface area contributed by atoms with Crippen LogP contribution in [-0.2, 0) is 9.59 Å². The molecule has 0 fully saturated rings. The highest BCUT2D eigenvalue weighted by molar-refractivity contribution is 6.33. The number of carbonyl (C=O) groups is 2. The van der Waals surface area contributed by atoms with E-state index in [-0.39, 0.29) is 18.4 Å². The van der Waals surface area contributed by atoms with Gasteiger partial charge in [0.05, 0.1) is 10.7 Å². The van der Waals surface area contributed by atoms with Crippen LogP contribution in [0.4, 0.5) is 11.4 Å². The van der Waals surface area contributed by atoms with Gasteiger partial charge in [0.2, 0.25) is 11.8 Å². The van der Waals surface area contributed by atoms with Crippen molar-refractivity contribution >= 4 is 46.4 Å². The Morgan fingerprint density at radius 2 is 1.68 bits per heavy atom. The lowest BCUT2D eigenvalue weighted by atomic mass is 10.2. The lowest BCUT2D eigenvalue weighted by Gasteiger charge is -2.21. The predicted octanol–water partition coefficient (Wildman–Crippen LogP) is 3.99. The minimum atomic E-state index is -0.335. The number of hydrogen-bond acceptors (Lipinski definition) is 2. The monoisotopic (exact) mass is 336 g/mol. The molecule has 0 aliphatic carbocycles. The first kappa shape index (κ1) is 16.3. The number of para-hydroxylation sites is 1. The summed E-state index contributed by atoms with van der Waals surface area (Å²) in [6.45, 7) is 1.29. The maximum Gasteiger partial charge on any atom is 0.244 e. The summed E-state index contributed by atoms with van der Waals surface area (Å²) in [6, 6.07) is 13.6. The minimum Gasteiger partial charge on any atom is -0.323 e. The second-order valence-electron chi connectivity index (χ2n) is 4.61. The van der Waals surface area contributed by atoms with Crippen LogP contribution in [0.1, 0.15) is 6.92 Å². The number of halogens is 2. The van der Waals surface area contributed by atoms with Gasteiger partial charge in [-0.15, -0.1) is 0 Å². The number of amides is 2. The molecule has 0 saturated carbocycles. The molecular formula is C16H14Cl2N2O2. The van der Waals surface area contributed by atoms with Crippen LogP contribution < -0.4 is 10.2 Å². The normalized spacial score (nSPS) is 10.1. The molecule has 2 aromatic rings. The topological polar surface area (TPSA) is 49.4 Å². The van der Waals surface area contributed by atoms with Crippen LogP contribution in [0, 0.1) is 0 Å². The molecule has 0 atom stereocenters. The molecule has 0 heterocycles. The lowest BCUT2D eigenvalue weighted by molar-refractivity contribution is -0.120. The molecule has 2 aromatic carbocycles. The predicted molar refractivity (Wildman–Crippen MR) is 89.6 cm³/mol. The van der Waals surface area contributed by atoms with E-state index < -0.39 is 0 Å². The molecule has 2 amide bonds. The van der Waals surface area contributed by atoms with E-state index >= 15 is 0 Å². The number of nitrogens with zero attached hydrogens (tertiary/aromatic N) is 1. The summed E-state index contributed by atoms with van der Waals surface area (Å²) in [5.74, 6) is -0.574. The number of rotatable bonds is 4. The van der Waals surface area contributed by atoms with Crippen molar-refractivity contribution in [3.63, 3.8) is 0 Å². The van der Waals surface area contributed by atoms with Crippen molar-refractivity contribution in [1.29, 1.82) is 0 Å². The molecule has 6 heteroatoms. The molecule has 22 heavy (non-hydrogen) atoms. The molecule has 0 saturated heterocycles. The van der Waals surface area contributed by atoms with Crippen molar-refractivity contribution in [3.05, 3.63) is 58.6 Å². The van der Waals surface area contributed by atoms with Crippen molar-refractivity contribution in [1.82, 2.24) is 0 Å². The molecule has 0 radical (unpaired) electrons. The Kier molecular flexibility index (Phi) is 5.41. The molecule has 114 valence electrons. The highest BCUT2D eigenvalue weighted by Crippen LogP contribution is 2.21. The molecule has 0 bridgehead atoms. The van der Waals surface area contributed by atoms with Crippen molar-refractivity contribution in [2.75, 3.05) is 16.8 Å². The Bertz CT molecular complexity index is 687. The van der Waals surface area contributed by atoms with Gasteiger partial charge in [-0.3, -0.25) is 9.59 Å². The van der Waals surface area contributed by atoms with Gasteiger partial charge in [0.15, 0.2) is 0 Å². The van der Waals surface area contributed by atoms with E-state index in [4.69, 9.17) is 23.2 Å². The van der Waals surface area contributed by atoms with Gasteiger partial charge in [0, 0.05) is 17.6 Å². The fourth-order valence-corrected chi connectivity index (χ4v) is 2.21. The van der Waals surface area contributed by atoms with Gasteiger partial charge in [-0.05, 0) is 36.4 Å². The lowest BCUT2D eigenvalue weighted by Crippen LogP contribution is -2.36. The van der Waals surface area contributed by atoms with E-state index in [1.54, 1.807) is 48.5 Å². The summed E-state index contributed by atoms with van der Waals surface area (Å²) in [5, 5.41) is 3.69. The number of carbonyl (C=O) groups excluding carboxylic acids is 2. The van der Waals surface area contributed by atoms with E-state index in [1.807, 2.05) is 0 Å². The average molecular weight is 337 g/mol. The van der Waals surface area contributed by atoms with Crippen molar-refractivity contribution < 1.29 is 9.59 Å². The van der Waals surface area contributed by atoms with Crippen molar-refractivity contribution in [2.45, 2.75) is 6.92 Å². The van der Waals surface area contributed by atoms with Crippen LogP contribution in [0.2, 0.25) is 10.0 Å². The number of nitrogens with one attached hydrogen (secondary N) is 1. The summed E-state index contributed by atoms with van der Waals surface area (Å²) in [7, 11) is 0. The van der Waals surface area contributed by atoms with Crippen LogP contribution in [-0.4, -0.2) is 18.4 Å². The van der Waals surface area contributed by atoms with E-state index in [1.165, 1.54) is 11.8 Å². The molecule has 2 rings (SSSR count). The SMILES string of the molecule is CC(=O)N(CC(=O)Nc1ccccc1Cl)c1ccc(Cl)cc1. The Hall–Kier alpha value is -2.04. The Morgan fingerprint density at radius 1 is 1.05 bits per heavy atom. The number of benzene rings is 2. The molecule has 0 aliphatic heterocycles. The minimum absolute atomic E-state index is 0.109. The summed E-state index contributed by atoms with van der Waals surface area (Å²) in [6.07, 6.45) is 0. The molecular weight excluding hydrogens is 323 g/mol. The number of anilines is 2. The zero-order valence-electron chi connectivity index (χ0n) is 11.8. The smallest absolute Gasteiger partial charge is 0.244 e. The van der Waals surface area contributed by atoms with Crippen LogP contribution in [0.5, 0.6) is 0 Å². The second-order valence-corrected chi connectivity index (χ2v) is 5.45. The van der Waals surface area contributed by atoms with E-state index in [9.17, 15) is 9.59 Å². The van der Waals surface area contributed by atoms with Gasteiger partial charge >= 0.3 is 0 Å². The van der Waals surface area contributed by atoms with Gasteiger partial charge in [0.25, 0.3) is 0 Å². The van der Waals surface area contributed by atoms with Crippen molar-refractivity contribution in [2.24, 2.45) is 0 Å². The fourth-order valence-electron chi connectivity index (χ4n) is 1.90. The third-order valence-corrected chi connectivity index (χ3v) is 3.55. The van der Waals surface area contributed by atoms with Crippen LogP contribution in [0.3, 0.4) is 0 Å². The standard InChI is InChI=1S/C16H14Cl2N2O2/c1-11(21)20(13-8-6-12(17)7-9-13)10-16(22)19-15-5-3-2-4-14(15)18/h2-9H,10H2,1H3,(H,19,22). The van der Waals surface area contributed by atoms with Crippen LogP contribution in [0.15, 0.2) is 48.5 Å². The highest BCUT2D eigenvalue weighted by Gasteiger charge is 2.16. The largest absolute Gasteiger partial charge is 0.323 e. The molecule has 0 aromatic heterocycles. The summed E-state index contributed by atoms with van der Waals surface area (Å²) >= 11 is 11.8. The zero-order chi connectivity index (χ0) is 16.1. The first-order valence-electron chi connectivity index (χ1n) is 6.55. The zero-order valence-corrected chi connectivity index (χ0v) is 13.4. The molecule has 0 unspecified atom stereocenters. The average Bonchev–Trinajstić information content (AvgIpc) is 2.48. The quantitative estimate of drug-likeness (QED) is 0.917. The summed E-state index contributed by atoms with van der Waals surface area (Å²) < 4.78 is 0. The van der Waals surface area contributed by atoms with E-state index in [0.29, 0.717) is 21.4 Å². The molecule has 1 N–H and O–H groups in total. The summed E-state index contributed by atoms with van der Waals surface area (Å²) in [5.41, 5.74) is 1.11. The van der Waals surface area contributed by atoms with Gasteiger partial charge in [-0.25, -0.2) is 0 Å². The van der Waals surface area contributed by atoms with Gasteiger partial charge in [-0.1, -0.05) is 35.3 Å². The van der Waals surface area contributed by atoms with E-state index in [0.717, 1.165) is 0 Å². The Balaban J connectivity index is 2.11. The molecule has 0 aliphatic rings. The number of hydrogen-bond donors (Lipinski definition) is 1. The highest BCUT2D eigenvalue weighted by atomic mass is 35.5. The molecule has 0 spiro atoms. The third-order valence-electron chi connectivity index (χ3n) is 2.97. The van der Waals surface area contributed by atoms with Crippen LogP contribution >= 0.6 is 23.2 Å². The second kappa shape index (κ2) is 7.29. The first-order chi connectivity index (χ1) is 10.5. The third kappa shape index (κ3) is 4.23. The Labute approximate surface area is 138 Å². The van der Waals surface area contributed by atoms with Crippen molar-refractivity contribution in [3.8, 4) is 0 Å². The molecule has 4 nitrogen and oxygen atoms in total. The van der Waals surface area contributed by atoms with E-state index in [2.05, 4.69) is 5.32 Å². The first-order valence-corrected chi connectivity index (χ1v) is 7.31. The maximum atomic E-state index is 12.1. The Morgan fingerprint density at radius 3 is 2.27 bits per heavy atom. The summed E-state index contributed by atoms with van der Waals surface area (Å²) in [4.78, 5) is 25.3. The fraction of sp³-hybridized carbons (Fsp3) is 0.125. The van der Waals surface area contributed by atoms with Gasteiger partial charge in [0.1, 0.15) is 6.54 Å². The maximum absolute atomic E-state index is 12.1.